The minimum atomic E-state index is -4.23. The van der Waals surface area contributed by atoms with E-state index in [2.05, 4.69) is 27.0 Å². The average molecular weight is 355 g/mol. The standard InChI is InChI=1S/C15H16F3N5S/c1-19-14-7-20-3-2-9(14)6-23(14)12-11-4-10(5-15(16,17)18)24-13(11)22-8-21-12/h4,8-9,20H,1-3,5-7H2/t9-,14-/m0/s1. The third kappa shape index (κ3) is 2.37. The van der Waals surface area contributed by atoms with Crippen molar-refractivity contribution in [3.05, 3.63) is 17.3 Å². The Labute approximate surface area is 140 Å². The second kappa shape index (κ2) is 5.38. The van der Waals surface area contributed by atoms with Gasteiger partial charge >= 0.3 is 6.18 Å². The first-order valence-corrected chi connectivity index (χ1v) is 8.51. The minimum Gasteiger partial charge on any atom is -0.330 e. The lowest BCUT2D eigenvalue weighted by Gasteiger charge is -2.59. The molecule has 2 atom stereocenters. The van der Waals surface area contributed by atoms with Crippen LogP contribution >= 0.6 is 11.3 Å². The Bertz CT molecular complexity index is 789. The van der Waals surface area contributed by atoms with E-state index in [1.165, 1.54) is 6.33 Å². The third-order valence-corrected chi connectivity index (χ3v) is 5.89. The summed E-state index contributed by atoms with van der Waals surface area (Å²) in [5.41, 5.74) is -0.453. The lowest BCUT2D eigenvalue weighted by atomic mass is 9.76. The van der Waals surface area contributed by atoms with E-state index in [1.54, 1.807) is 6.07 Å². The Hall–Kier alpha value is -1.74. The molecule has 0 unspecified atom stereocenters. The summed E-state index contributed by atoms with van der Waals surface area (Å²) in [7, 11) is 0. The first kappa shape index (κ1) is 15.8. The number of nitrogens with one attached hydrogen (secondary N) is 1. The second-order valence-electron chi connectivity index (χ2n) is 6.23. The first-order valence-electron chi connectivity index (χ1n) is 7.69. The highest BCUT2D eigenvalue weighted by atomic mass is 32.1. The van der Waals surface area contributed by atoms with Gasteiger partial charge in [-0.05, 0) is 25.7 Å². The third-order valence-electron chi connectivity index (χ3n) is 4.84. The van der Waals surface area contributed by atoms with Crippen LogP contribution in [0.4, 0.5) is 19.0 Å². The lowest BCUT2D eigenvalue weighted by molar-refractivity contribution is -0.126. The summed E-state index contributed by atoms with van der Waals surface area (Å²) in [5, 5.41) is 3.99. The highest BCUT2D eigenvalue weighted by molar-refractivity contribution is 7.18. The number of hydrogen-bond donors (Lipinski definition) is 1. The minimum absolute atomic E-state index is 0.249. The Kier molecular flexibility index (Phi) is 3.54. The van der Waals surface area contributed by atoms with E-state index in [0.29, 0.717) is 28.5 Å². The fourth-order valence-electron chi connectivity index (χ4n) is 3.68. The van der Waals surface area contributed by atoms with Crippen LogP contribution in [0.25, 0.3) is 10.2 Å². The van der Waals surface area contributed by atoms with E-state index in [0.717, 1.165) is 30.8 Å². The SMILES string of the molecule is C=N[C@]12CNCC[C@H]1CN2c1ncnc2sc(CC(F)(F)F)cc12. The highest BCUT2D eigenvalue weighted by Gasteiger charge is 2.55. The number of rotatable bonds is 3. The zero-order valence-corrected chi connectivity index (χ0v) is 13.6. The van der Waals surface area contributed by atoms with Crippen LogP contribution in [-0.4, -0.2) is 48.2 Å². The van der Waals surface area contributed by atoms with E-state index in [-0.39, 0.29) is 4.88 Å². The smallest absolute Gasteiger partial charge is 0.330 e. The molecule has 0 aliphatic carbocycles. The molecule has 0 radical (unpaired) electrons. The quantitative estimate of drug-likeness (QED) is 0.860. The molecular formula is C15H16F3N5S. The van der Waals surface area contributed by atoms with Gasteiger partial charge in [0.1, 0.15) is 22.6 Å². The lowest BCUT2D eigenvalue weighted by Crippen LogP contribution is -2.73. The van der Waals surface area contributed by atoms with Crippen molar-refractivity contribution in [2.75, 3.05) is 24.5 Å². The van der Waals surface area contributed by atoms with Gasteiger partial charge in [-0.3, -0.25) is 4.99 Å². The number of hydrogen-bond acceptors (Lipinski definition) is 6. The number of alkyl halides is 3. The van der Waals surface area contributed by atoms with Gasteiger partial charge in [0.15, 0.2) is 0 Å². The maximum absolute atomic E-state index is 12.7. The number of aliphatic imine (C=N–C) groups is 1. The average Bonchev–Trinajstić information content (AvgIpc) is 2.89. The molecule has 128 valence electrons. The number of aromatic nitrogens is 2. The van der Waals surface area contributed by atoms with Crippen molar-refractivity contribution >= 4 is 34.1 Å². The van der Waals surface area contributed by atoms with Gasteiger partial charge in [-0.15, -0.1) is 11.3 Å². The van der Waals surface area contributed by atoms with Gasteiger partial charge in [-0.25, -0.2) is 9.97 Å². The van der Waals surface area contributed by atoms with Gasteiger partial charge in [0, 0.05) is 23.9 Å². The van der Waals surface area contributed by atoms with Crippen molar-refractivity contribution in [1.82, 2.24) is 15.3 Å². The number of nitrogens with zero attached hydrogens (tertiary/aromatic N) is 4. The van der Waals surface area contributed by atoms with E-state index in [1.807, 2.05) is 4.90 Å². The molecular weight excluding hydrogens is 339 g/mol. The molecule has 24 heavy (non-hydrogen) atoms. The van der Waals surface area contributed by atoms with E-state index < -0.39 is 18.3 Å². The molecule has 0 saturated carbocycles. The molecule has 0 bridgehead atoms. The molecule has 4 rings (SSSR count). The van der Waals surface area contributed by atoms with Crippen LogP contribution in [0.3, 0.4) is 0 Å². The second-order valence-corrected chi connectivity index (χ2v) is 7.35. The van der Waals surface area contributed by atoms with E-state index in [4.69, 9.17) is 0 Å². The molecule has 2 saturated heterocycles. The Morgan fingerprint density at radius 2 is 2.29 bits per heavy atom. The maximum atomic E-state index is 12.7. The molecule has 0 aromatic carbocycles. The Balaban J connectivity index is 1.73. The molecule has 0 spiro atoms. The molecule has 9 heteroatoms. The molecule has 1 N–H and O–H groups in total. The number of anilines is 1. The van der Waals surface area contributed by atoms with Crippen LogP contribution in [-0.2, 0) is 6.42 Å². The van der Waals surface area contributed by atoms with Crippen LogP contribution < -0.4 is 10.2 Å². The summed E-state index contributed by atoms with van der Waals surface area (Å²) in [6.45, 7) is 6.16. The molecule has 2 aliphatic heterocycles. The number of thiophene rings is 1. The van der Waals surface area contributed by atoms with Crippen molar-refractivity contribution in [1.29, 1.82) is 0 Å². The Morgan fingerprint density at radius 3 is 3.00 bits per heavy atom. The first-order chi connectivity index (χ1) is 11.4. The molecule has 2 fully saturated rings. The molecule has 2 aromatic rings. The summed E-state index contributed by atoms with van der Waals surface area (Å²) < 4.78 is 38.0. The van der Waals surface area contributed by atoms with Gasteiger partial charge in [-0.2, -0.15) is 13.2 Å². The number of halogens is 3. The fraction of sp³-hybridized carbons (Fsp3) is 0.533. The summed E-state index contributed by atoms with van der Waals surface area (Å²) in [6, 6.07) is 1.56. The summed E-state index contributed by atoms with van der Waals surface area (Å²) in [5.74, 6) is 1.05. The van der Waals surface area contributed by atoms with Crippen LogP contribution in [0.5, 0.6) is 0 Å². The van der Waals surface area contributed by atoms with Crippen molar-refractivity contribution < 1.29 is 13.2 Å². The van der Waals surface area contributed by atoms with Gasteiger partial charge in [0.25, 0.3) is 0 Å². The molecule has 5 nitrogen and oxygen atoms in total. The molecule has 2 aliphatic rings. The molecule has 4 heterocycles. The zero-order valence-electron chi connectivity index (χ0n) is 12.8. The topological polar surface area (TPSA) is 53.4 Å². The highest BCUT2D eigenvalue weighted by Crippen LogP contribution is 2.46. The molecule has 0 amide bonds. The maximum Gasteiger partial charge on any atom is 0.393 e. The Morgan fingerprint density at radius 1 is 1.46 bits per heavy atom. The predicted molar refractivity (Wildman–Crippen MR) is 87.8 cm³/mol. The molecule has 2 aromatic heterocycles. The summed E-state index contributed by atoms with van der Waals surface area (Å²) in [4.78, 5) is 15.7. The van der Waals surface area contributed by atoms with Crippen molar-refractivity contribution in [2.45, 2.75) is 24.7 Å². The van der Waals surface area contributed by atoms with Crippen molar-refractivity contribution in [3.8, 4) is 0 Å². The van der Waals surface area contributed by atoms with E-state index in [9.17, 15) is 13.2 Å². The van der Waals surface area contributed by atoms with E-state index >= 15 is 0 Å². The normalized spacial score (nSPS) is 27.0. The summed E-state index contributed by atoms with van der Waals surface area (Å²) >= 11 is 1.07. The van der Waals surface area contributed by atoms with Crippen molar-refractivity contribution in [2.24, 2.45) is 10.9 Å². The van der Waals surface area contributed by atoms with Crippen LogP contribution in [0, 0.1) is 5.92 Å². The fourth-order valence-corrected chi connectivity index (χ4v) is 4.70. The predicted octanol–water partition coefficient (Wildman–Crippen LogP) is 2.62. The van der Waals surface area contributed by atoms with Gasteiger partial charge in [-0.1, -0.05) is 0 Å². The largest absolute Gasteiger partial charge is 0.393 e. The summed E-state index contributed by atoms with van der Waals surface area (Å²) in [6.07, 6.45) is -2.76. The number of piperidine rings is 1. The zero-order chi connectivity index (χ0) is 16.9. The van der Waals surface area contributed by atoms with Crippen LogP contribution in [0.2, 0.25) is 0 Å². The van der Waals surface area contributed by atoms with Crippen LogP contribution in [0.15, 0.2) is 17.4 Å². The monoisotopic (exact) mass is 355 g/mol. The van der Waals surface area contributed by atoms with Crippen molar-refractivity contribution in [3.63, 3.8) is 0 Å². The van der Waals surface area contributed by atoms with Crippen LogP contribution in [0.1, 0.15) is 11.3 Å². The van der Waals surface area contributed by atoms with Gasteiger partial charge < -0.3 is 10.2 Å². The van der Waals surface area contributed by atoms with Gasteiger partial charge in [0.05, 0.1) is 11.8 Å². The number of fused-ring (bicyclic) bond motifs is 2. The van der Waals surface area contributed by atoms with Gasteiger partial charge in [0.2, 0.25) is 0 Å².